The van der Waals surface area contributed by atoms with Gasteiger partial charge in [0.2, 0.25) is 0 Å². The Kier molecular flexibility index (Phi) is 24.7. The van der Waals surface area contributed by atoms with Crippen molar-refractivity contribution in [1.29, 1.82) is 0 Å². The van der Waals surface area contributed by atoms with E-state index in [-0.39, 0.29) is 57.8 Å². The maximum Gasteiger partial charge on any atom is 0.407 e. The van der Waals surface area contributed by atoms with Gasteiger partial charge in [-0.2, -0.15) is 0 Å². The first-order chi connectivity index (χ1) is 49.1. The van der Waals surface area contributed by atoms with Crippen LogP contribution in [0.3, 0.4) is 0 Å². The number of alkyl carbamates (subject to hydrolysis) is 3. The van der Waals surface area contributed by atoms with Gasteiger partial charge in [-0.3, -0.25) is 4.79 Å². The number of hydrogen-bond acceptors (Lipinski definition) is 22. The highest BCUT2D eigenvalue weighted by Crippen LogP contribution is 2.43. The number of carbonyl (C=O) groups is 5. The number of rotatable bonds is 24. The number of hydrogen-bond donors (Lipinski definition) is 8. The van der Waals surface area contributed by atoms with Crippen molar-refractivity contribution in [3.05, 3.63) is 215 Å². The maximum absolute atomic E-state index is 14.8. The first-order valence-electron chi connectivity index (χ1n) is 34.3. The molecular formula is C75H86N4O22. The first-order valence-corrected chi connectivity index (χ1v) is 34.3. The molecule has 101 heavy (non-hydrogen) atoms. The number of aliphatic hydroxyl groups is 4. The second-order valence-electron chi connectivity index (χ2n) is 25.9. The van der Waals surface area contributed by atoms with Crippen molar-refractivity contribution in [2.75, 3.05) is 13.2 Å². The average Bonchev–Trinajstić information content (AvgIpc) is 1.65. The van der Waals surface area contributed by atoms with E-state index in [1.807, 2.05) is 66.7 Å². The summed E-state index contributed by atoms with van der Waals surface area (Å²) in [6, 6.07) is 49.4. The van der Waals surface area contributed by atoms with Gasteiger partial charge in [0.1, 0.15) is 86.8 Å². The van der Waals surface area contributed by atoms with Crippen LogP contribution in [0.1, 0.15) is 96.5 Å². The molecule has 0 radical (unpaired) electrons. The molecule has 1 saturated carbocycles. The summed E-state index contributed by atoms with van der Waals surface area (Å²) in [7, 11) is 0. The molecule has 6 aromatic carbocycles. The quantitative estimate of drug-likeness (QED) is 0.0226. The lowest BCUT2D eigenvalue weighted by molar-refractivity contribution is -0.360. The minimum atomic E-state index is -1.78. The highest BCUT2D eigenvalue weighted by Gasteiger charge is 2.58. The molecule has 6 fully saturated rings. The van der Waals surface area contributed by atoms with Crippen LogP contribution >= 0.6 is 0 Å². The minimum Gasteiger partial charge on any atom is -0.449 e. The number of ether oxygens (including phenoxy) is 13. The zero-order valence-electron chi connectivity index (χ0n) is 55.7. The molecule has 1 aliphatic carbocycles. The molecule has 5 saturated heterocycles. The molecule has 3 unspecified atom stereocenters. The molecule has 8 N–H and O–H groups in total. The van der Waals surface area contributed by atoms with E-state index in [1.165, 1.54) is 12.1 Å². The number of benzene rings is 6. The Morgan fingerprint density at radius 1 is 0.505 bits per heavy atom. The first kappa shape index (κ1) is 72.3. The third kappa shape index (κ3) is 18.3. The molecular weight excluding hydrogens is 1310 g/mol. The summed E-state index contributed by atoms with van der Waals surface area (Å²) in [6.07, 6.45) is -25.0. The zero-order valence-corrected chi connectivity index (χ0v) is 55.7. The van der Waals surface area contributed by atoms with E-state index in [0.29, 0.717) is 29.5 Å². The molecule has 0 aromatic heterocycles. The minimum absolute atomic E-state index is 0.0379. The van der Waals surface area contributed by atoms with E-state index in [1.54, 1.807) is 117 Å². The van der Waals surface area contributed by atoms with Crippen molar-refractivity contribution in [1.82, 2.24) is 21.3 Å². The van der Waals surface area contributed by atoms with Gasteiger partial charge < -0.3 is 103 Å². The lowest BCUT2D eigenvalue weighted by Gasteiger charge is -2.50. The summed E-state index contributed by atoms with van der Waals surface area (Å²) in [5.74, 6) is -2.48. The summed E-state index contributed by atoms with van der Waals surface area (Å²) in [4.78, 5) is 69.2. The van der Waals surface area contributed by atoms with E-state index < -0.39 is 165 Å². The molecule has 6 aromatic rings. The zero-order chi connectivity index (χ0) is 70.4. The number of carbonyl (C=O) groups excluding carboxylic acids is 5. The van der Waals surface area contributed by atoms with Gasteiger partial charge in [0.05, 0.1) is 42.6 Å². The monoisotopic (exact) mass is 1390 g/mol. The fraction of sp³-hybridized carbons (Fsp3) is 0.453. The fourth-order valence-corrected chi connectivity index (χ4v) is 13.6. The van der Waals surface area contributed by atoms with Crippen LogP contribution in [0.25, 0.3) is 0 Å². The molecule has 538 valence electrons. The molecule has 0 bridgehead atoms. The van der Waals surface area contributed by atoms with E-state index in [0.717, 1.165) is 11.1 Å². The molecule has 4 amide bonds. The van der Waals surface area contributed by atoms with Gasteiger partial charge in [0, 0.05) is 18.5 Å². The van der Waals surface area contributed by atoms with Crippen LogP contribution < -0.4 is 21.3 Å². The van der Waals surface area contributed by atoms with Gasteiger partial charge in [0.25, 0.3) is 5.91 Å². The third-order valence-electron chi connectivity index (χ3n) is 18.9. The third-order valence-corrected chi connectivity index (χ3v) is 18.9. The summed E-state index contributed by atoms with van der Waals surface area (Å²) in [6.45, 7) is 2.92. The van der Waals surface area contributed by atoms with E-state index >= 15 is 0 Å². The summed E-state index contributed by atoms with van der Waals surface area (Å²) >= 11 is 0. The smallest absolute Gasteiger partial charge is 0.407 e. The SMILES string of the molecule is CC[C@H]1O[C@@H](O[C@@H]2[C@@H](O)[C@H](NC(=O)[C@H](CCNC(=O)OCc3ccccc3)OC(=O)c3ccccc3)C[C@H](C)[C@H]2O[C@H]2O[C@@H]3COC(c4ccccc4)O[C@H]3[C@H](O)[C@H]2NC(=O)OCc2ccccc2)[C@H](O)[C@@H]1OC1O[C@H]2CCC(c3ccccc3)O[C@H]2[C@H](O)[C@H]1NC(=O)OCc1ccccc1. The van der Waals surface area contributed by atoms with Gasteiger partial charge in [-0.05, 0) is 66.0 Å². The highest BCUT2D eigenvalue weighted by molar-refractivity contribution is 5.92. The Labute approximate surface area is 584 Å². The second kappa shape index (κ2) is 34.5. The van der Waals surface area contributed by atoms with Gasteiger partial charge in [0.15, 0.2) is 31.3 Å². The number of aliphatic hydroxyl groups excluding tert-OH is 4. The van der Waals surface area contributed by atoms with Crippen LogP contribution in [0.15, 0.2) is 182 Å². The molecule has 22 atom stereocenters. The molecule has 12 rings (SSSR count). The van der Waals surface area contributed by atoms with Crippen LogP contribution in [0, 0.1) is 5.92 Å². The Balaban J connectivity index is 0.817. The normalized spacial score (nSPS) is 31.7. The molecule has 5 aliphatic heterocycles. The van der Waals surface area contributed by atoms with E-state index in [9.17, 15) is 44.4 Å². The van der Waals surface area contributed by atoms with E-state index in [4.69, 9.17) is 61.6 Å². The van der Waals surface area contributed by atoms with Crippen LogP contribution in [-0.4, -0.2) is 180 Å². The molecule has 26 nitrogen and oxygen atoms in total. The van der Waals surface area contributed by atoms with Crippen molar-refractivity contribution in [3.8, 4) is 0 Å². The largest absolute Gasteiger partial charge is 0.449 e. The second-order valence-corrected chi connectivity index (χ2v) is 25.9. The van der Waals surface area contributed by atoms with Gasteiger partial charge in [-0.15, -0.1) is 0 Å². The molecule has 26 heteroatoms. The standard InChI is InChI=1S/C75H86N4O22/c1-3-51-63(100-70-56(78-74(87)91-40-45-24-12-5-13-25-45)59(81)64-53(96-70)35-34-52(93-64)47-28-16-7-17-29-47)61(83)72(95-51)101-66-58(80)50(77-67(84)54(94-68(85)48-30-18-8-19-31-48)36-37-76-73(86)90-39-44-22-10-4-11-23-44)38-43(2)62(66)98-71-57(79-75(88)92-41-46-26-14-6-15-27-46)60(82)65-55(97-71)42-89-69(99-65)49-32-20-9-21-33-49/h4-33,43,50-66,69-72,80-83H,3,34-42H2,1-2H3,(H,76,86)(H,77,84)(H,78,87)(H,79,88)/t43-,50+,51+,52?,53-,54-,55+,56+,57+,58-,59+,60+,61+,62+,63+,64+,65+,66+,69?,70?,71+,72-/m0/s1. The Hall–Kier alpha value is -8.45. The molecule has 5 heterocycles. The van der Waals surface area contributed by atoms with Crippen LogP contribution in [-0.2, 0) is 86.2 Å². The van der Waals surface area contributed by atoms with Crippen LogP contribution in [0.2, 0.25) is 0 Å². The van der Waals surface area contributed by atoms with Crippen LogP contribution in [0.5, 0.6) is 0 Å². The molecule has 6 aliphatic rings. The summed E-state index contributed by atoms with van der Waals surface area (Å²) in [5, 5.41) is 61.4. The number of esters is 1. The predicted molar refractivity (Wildman–Crippen MR) is 356 cm³/mol. The van der Waals surface area contributed by atoms with Crippen molar-refractivity contribution in [2.45, 2.75) is 195 Å². The average molecular weight is 1400 g/mol. The predicted octanol–water partition coefficient (Wildman–Crippen LogP) is 6.86. The number of amides is 4. The van der Waals surface area contributed by atoms with E-state index in [2.05, 4.69) is 21.3 Å². The van der Waals surface area contributed by atoms with Crippen molar-refractivity contribution < 1.29 is 106 Å². The topological polar surface area (TPSA) is 334 Å². The lowest BCUT2D eigenvalue weighted by atomic mass is 9.79. The van der Waals surface area contributed by atoms with Crippen LogP contribution in [0.4, 0.5) is 14.4 Å². The highest BCUT2D eigenvalue weighted by atomic mass is 16.8. The Morgan fingerprint density at radius 2 is 1.00 bits per heavy atom. The fourth-order valence-electron chi connectivity index (χ4n) is 13.6. The lowest BCUT2D eigenvalue weighted by Crippen LogP contribution is -2.69. The number of nitrogens with one attached hydrogen (secondary N) is 4. The molecule has 0 spiro atoms. The van der Waals surface area contributed by atoms with Crippen molar-refractivity contribution in [3.63, 3.8) is 0 Å². The van der Waals surface area contributed by atoms with Gasteiger partial charge >= 0.3 is 24.2 Å². The Morgan fingerprint density at radius 3 is 1.56 bits per heavy atom. The van der Waals surface area contributed by atoms with Gasteiger partial charge in [-0.1, -0.05) is 184 Å². The summed E-state index contributed by atoms with van der Waals surface area (Å²) < 4.78 is 81.9. The maximum atomic E-state index is 14.8. The Bertz CT molecular complexity index is 3620. The summed E-state index contributed by atoms with van der Waals surface area (Å²) in [5.41, 5.74) is 3.80. The van der Waals surface area contributed by atoms with Crippen molar-refractivity contribution in [2.24, 2.45) is 5.92 Å². The number of fused-ring (bicyclic) bond motifs is 2. The van der Waals surface area contributed by atoms with Gasteiger partial charge in [-0.25, -0.2) is 19.2 Å². The van der Waals surface area contributed by atoms with Crippen molar-refractivity contribution >= 4 is 30.2 Å².